The van der Waals surface area contributed by atoms with E-state index in [9.17, 15) is 4.79 Å². The van der Waals surface area contributed by atoms with Crippen molar-refractivity contribution in [2.45, 2.75) is 33.1 Å². The van der Waals surface area contributed by atoms with E-state index in [1.54, 1.807) is 6.20 Å². The maximum atomic E-state index is 12.4. The SMILES string of the molecule is Cc1ccc(NC(=O)CC(C)C2CCCNC2)c2cccnc12.Cl.Cl. The number of fused-ring (bicyclic) bond motifs is 1. The van der Waals surface area contributed by atoms with Gasteiger partial charge < -0.3 is 10.6 Å². The number of benzene rings is 1. The fraction of sp³-hybridized carbons (Fsp3) is 0.474. The molecular weight excluding hydrogens is 357 g/mol. The van der Waals surface area contributed by atoms with Crippen molar-refractivity contribution >= 4 is 47.3 Å². The highest BCUT2D eigenvalue weighted by Gasteiger charge is 2.22. The van der Waals surface area contributed by atoms with Crippen LogP contribution >= 0.6 is 24.8 Å². The van der Waals surface area contributed by atoms with Crippen LogP contribution in [-0.2, 0) is 4.79 Å². The van der Waals surface area contributed by atoms with Crippen LogP contribution in [0.15, 0.2) is 30.5 Å². The molecule has 25 heavy (non-hydrogen) atoms. The molecule has 0 radical (unpaired) electrons. The summed E-state index contributed by atoms with van der Waals surface area (Å²) in [7, 11) is 0. The molecule has 2 heterocycles. The smallest absolute Gasteiger partial charge is 0.224 e. The number of rotatable bonds is 4. The first kappa shape index (κ1) is 21.7. The van der Waals surface area contributed by atoms with Crippen molar-refractivity contribution in [1.82, 2.24) is 10.3 Å². The van der Waals surface area contributed by atoms with Gasteiger partial charge in [-0.3, -0.25) is 9.78 Å². The van der Waals surface area contributed by atoms with Gasteiger partial charge in [0, 0.05) is 18.0 Å². The van der Waals surface area contributed by atoms with E-state index in [0.29, 0.717) is 18.3 Å². The molecule has 2 aromatic rings. The number of halogens is 2. The molecule has 1 amide bonds. The number of nitrogens with zero attached hydrogens (tertiary/aromatic N) is 1. The third kappa shape index (κ3) is 5.30. The van der Waals surface area contributed by atoms with Crippen molar-refractivity contribution in [3.8, 4) is 0 Å². The van der Waals surface area contributed by atoms with Crippen LogP contribution in [-0.4, -0.2) is 24.0 Å². The second-order valence-electron chi connectivity index (χ2n) is 6.67. The fourth-order valence-corrected chi connectivity index (χ4v) is 3.45. The van der Waals surface area contributed by atoms with Crippen LogP contribution < -0.4 is 10.6 Å². The van der Waals surface area contributed by atoms with Gasteiger partial charge in [0.05, 0.1) is 11.2 Å². The Morgan fingerprint density at radius 1 is 1.36 bits per heavy atom. The van der Waals surface area contributed by atoms with E-state index in [4.69, 9.17) is 0 Å². The Morgan fingerprint density at radius 3 is 2.88 bits per heavy atom. The molecule has 2 N–H and O–H groups in total. The molecule has 3 rings (SSSR count). The molecule has 4 nitrogen and oxygen atoms in total. The van der Waals surface area contributed by atoms with Gasteiger partial charge in [-0.1, -0.05) is 13.0 Å². The van der Waals surface area contributed by atoms with E-state index >= 15 is 0 Å². The van der Waals surface area contributed by atoms with Crippen LogP contribution in [0.4, 0.5) is 5.69 Å². The van der Waals surface area contributed by atoms with E-state index in [1.165, 1.54) is 12.8 Å². The minimum atomic E-state index is 0. The predicted octanol–water partition coefficient (Wildman–Crippen LogP) is 4.35. The van der Waals surface area contributed by atoms with Crippen LogP contribution in [0.25, 0.3) is 10.9 Å². The summed E-state index contributed by atoms with van der Waals surface area (Å²) in [5, 5.41) is 7.52. The van der Waals surface area contributed by atoms with Crippen molar-refractivity contribution in [3.63, 3.8) is 0 Å². The van der Waals surface area contributed by atoms with E-state index < -0.39 is 0 Å². The summed E-state index contributed by atoms with van der Waals surface area (Å²) in [6.07, 6.45) is 4.80. The Labute approximate surface area is 162 Å². The van der Waals surface area contributed by atoms with Crippen molar-refractivity contribution in [2.75, 3.05) is 18.4 Å². The number of amides is 1. The zero-order valence-electron chi connectivity index (χ0n) is 14.7. The molecule has 1 aliphatic heterocycles. The zero-order valence-corrected chi connectivity index (χ0v) is 16.4. The van der Waals surface area contributed by atoms with E-state index in [-0.39, 0.29) is 30.7 Å². The number of carbonyl (C=O) groups is 1. The molecule has 1 aliphatic rings. The standard InChI is InChI=1S/C19H25N3O.2ClH/c1-13-7-8-17(16-6-4-10-21-19(13)16)22-18(23)11-14(2)15-5-3-9-20-12-15;;/h4,6-8,10,14-15,20H,3,5,9,11-12H2,1-2H3,(H,22,23);2*1H. The van der Waals surface area contributed by atoms with Gasteiger partial charge in [-0.2, -0.15) is 0 Å². The third-order valence-electron chi connectivity index (χ3n) is 4.89. The van der Waals surface area contributed by atoms with Crippen molar-refractivity contribution < 1.29 is 4.79 Å². The summed E-state index contributed by atoms with van der Waals surface area (Å²) in [5.41, 5.74) is 2.94. The summed E-state index contributed by atoms with van der Waals surface area (Å²) in [5.74, 6) is 1.10. The Balaban J connectivity index is 0.00000156. The number of pyridine rings is 1. The number of nitrogens with one attached hydrogen (secondary N) is 2. The number of aryl methyl sites for hydroxylation is 1. The van der Waals surface area contributed by atoms with Crippen LogP contribution in [0.1, 0.15) is 31.7 Å². The minimum Gasteiger partial charge on any atom is -0.325 e. The first-order valence-corrected chi connectivity index (χ1v) is 8.50. The van der Waals surface area contributed by atoms with Gasteiger partial charge in [-0.15, -0.1) is 24.8 Å². The zero-order chi connectivity index (χ0) is 16.2. The second kappa shape index (κ2) is 9.95. The summed E-state index contributed by atoms with van der Waals surface area (Å²) in [6, 6.07) is 7.91. The number of carbonyl (C=O) groups excluding carboxylic acids is 1. The Bertz CT molecular complexity index is 702. The number of piperidine rings is 1. The summed E-state index contributed by atoms with van der Waals surface area (Å²) in [6.45, 7) is 6.37. The Kier molecular flexibility index (Phi) is 8.63. The highest BCUT2D eigenvalue weighted by atomic mass is 35.5. The molecule has 0 saturated carbocycles. The molecule has 1 aromatic heterocycles. The lowest BCUT2D eigenvalue weighted by molar-refractivity contribution is -0.117. The molecule has 6 heteroatoms. The summed E-state index contributed by atoms with van der Waals surface area (Å²) >= 11 is 0. The van der Waals surface area contributed by atoms with E-state index in [1.807, 2.05) is 31.2 Å². The van der Waals surface area contributed by atoms with Crippen LogP contribution in [0.3, 0.4) is 0 Å². The lowest BCUT2D eigenvalue weighted by atomic mass is 9.85. The van der Waals surface area contributed by atoms with Gasteiger partial charge in [0.15, 0.2) is 0 Å². The first-order chi connectivity index (χ1) is 11.1. The lowest BCUT2D eigenvalue weighted by Crippen LogP contribution is -2.34. The molecule has 1 aromatic carbocycles. The molecule has 2 atom stereocenters. The highest BCUT2D eigenvalue weighted by Crippen LogP contribution is 2.26. The molecule has 138 valence electrons. The second-order valence-corrected chi connectivity index (χ2v) is 6.67. The van der Waals surface area contributed by atoms with Gasteiger partial charge in [0.1, 0.15) is 0 Å². The number of aromatic nitrogens is 1. The molecular formula is C19H27Cl2N3O. The van der Waals surface area contributed by atoms with Crippen LogP contribution in [0.5, 0.6) is 0 Å². The topological polar surface area (TPSA) is 54.0 Å². The molecule has 0 spiro atoms. The van der Waals surface area contributed by atoms with Crippen molar-refractivity contribution in [2.24, 2.45) is 11.8 Å². The average Bonchev–Trinajstić information content (AvgIpc) is 2.58. The lowest BCUT2D eigenvalue weighted by Gasteiger charge is -2.28. The van der Waals surface area contributed by atoms with Crippen LogP contribution in [0, 0.1) is 18.8 Å². The molecule has 1 fully saturated rings. The quantitative estimate of drug-likeness (QED) is 0.824. The molecule has 0 bridgehead atoms. The summed E-state index contributed by atoms with van der Waals surface area (Å²) < 4.78 is 0. The van der Waals surface area contributed by atoms with Gasteiger partial charge in [0.2, 0.25) is 5.91 Å². The maximum absolute atomic E-state index is 12.4. The Hall–Kier alpha value is -1.36. The largest absolute Gasteiger partial charge is 0.325 e. The number of hydrogen-bond donors (Lipinski definition) is 2. The Morgan fingerprint density at radius 2 is 2.16 bits per heavy atom. The fourth-order valence-electron chi connectivity index (χ4n) is 3.45. The minimum absolute atomic E-state index is 0. The summed E-state index contributed by atoms with van der Waals surface area (Å²) in [4.78, 5) is 16.9. The van der Waals surface area contributed by atoms with E-state index in [0.717, 1.165) is 35.2 Å². The maximum Gasteiger partial charge on any atom is 0.224 e. The van der Waals surface area contributed by atoms with Gasteiger partial charge >= 0.3 is 0 Å². The number of hydrogen-bond acceptors (Lipinski definition) is 3. The monoisotopic (exact) mass is 383 g/mol. The normalized spacial score (nSPS) is 17.9. The van der Waals surface area contributed by atoms with Gasteiger partial charge in [-0.25, -0.2) is 0 Å². The molecule has 1 saturated heterocycles. The predicted molar refractivity (Wildman–Crippen MR) is 109 cm³/mol. The average molecular weight is 384 g/mol. The molecule has 2 unspecified atom stereocenters. The first-order valence-electron chi connectivity index (χ1n) is 8.50. The van der Waals surface area contributed by atoms with Crippen molar-refractivity contribution in [1.29, 1.82) is 0 Å². The highest BCUT2D eigenvalue weighted by molar-refractivity contribution is 6.01. The third-order valence-corrected chi connectivity index (χ3v) is 4.89. The van der Waals surface area contributed by atoms with Gasteiger partial charge in [0.25, 0.3) is 0 Å². The van der Waals surface area contributed by atoms with Crippen molar-refractivity contribution in [3.05, 3.63) is 36.0 Å². The molecule has 0 aliphatic carbocycles. The number of anilines is 1. The van der Waals surface area contributed by atoms with Gasteiger partial charge in [-0.05, 0) is 68.5 Å². The van der Waals surface area contributed by atoms with Crippen LogP contribution in [0.2, 0.25) is 0 Å². The van der Waals surface area contributed by atoms with E-state index in [2.05, 4.69) is 22.5 Å².